The molecule has 0 saturated heterocycles. The molecule has 0 heterocycles. The van der Waals surface area contributed by atoms with E-state index in [1.807, 2.05) is 13.0 Å². The van der Waals surface area contributed by atoms with Crippen LogP contribution < -0.4 is 34.7 Å². The normalized spacial score (nSPS) is 13.4. The molecule has 0 aromatic carbocycles. The number of aliphatic carboxylic acids is 1. The minimum atomic E-state index is -0.902. The third kappa shape index (κ3) is 16.0. The molecule has 122 valence electrons. The van der Waals surface area contributed by atoms with E-state index in [0.29, 0.717) is 13.0 Å². The van der Waals surface area contributed by atoms with Crippen LogP contribution in [0.4, 0.5) is 0 Å². The molecule has 22 heavy (non-hydrogen) atoms. The first-order valence-corrected chi connectivity index (χ1v) is 7.39. The van der Waals surface area contributed by atoms with Gasteiger partial charge in [0.1, 0.15) is 0 Å². The molecule has 0 fully saturated rings. The van der Waals surface area contributed by atoms with E-state index in [1.54, 1.807) is 11.8 Å². The van der Waals surface area contributed by atoms with Crippen molar-refractivity contribution >= 4 is 11.9 Å². The second-order valence-corrected chi connectivity index (χ2v) is 5.08. The molecule has 7 heteroatoms. The Morgan fingerprint density at radius 2 is 2.05 bits per heavy atom. The number of aliphatic hydroxyl groups is 1. The molecule has 0 radical (unpaired) electrons. The zero-order chi connectivity index (χ0) is 16.1. The number of carboxylic acid groups (broad SMARTS) is 1. The third-order valence-corrected chi connectivity index (χ3v) is 2.86. The van der Waals surface area contributed by atoms with Crippen molar-refractivity contribution in [3.05, 3.63) is 12.2 Å². The minimum absolute atomic E-state index is 0. The van der Waals surface area contributed by atoms with Crippen molar-refractivity contribution in [1.82, 2.24) is 4.90 Å². The average Bonchev–Trinajstić information content (AvgIpc) is 2.41. The first-order valence-electron chi connectivity index (χ1n) is 7.39. The van der Waals surface area contributed by atoms with Crippen molar-refractivity contribution in [2.75, 3.05) is 19.8 Å². The van der Waals surface area contributed by atoms with Gasteiger partial charge >= 0.3 is 35.5 Å². The Bertz CT molecular complexity index is 346. The number of hydrogen-bond acceptors (Lipinski definition) is 5. The van der Waals surface area contributed by atoms with Crippen molar-refractivity contribution in [2.45, 2.75) is 52.1 Å². The molecule has 0 saturated carbocycles. The number of hydrogen-bond donors (Lipinski definition) is 2. The van der Waals surface area contributed by atoms with Crippen molar-refractivity contribution in [3.8, 4) is 0 Å². The number of carboxylic acids is 1. The van der Waals surface area contributed by atoms with E-state index in [1.165, 1.54) is 0 Å². The van der Waals surface area contributed by atoms with Crippen molar-refractivity contribution in [3.63, 3.8) is 0 Å². The molecular formula is C15H27N2NaO4. The number of carbonyl (C=O) groups is 1. The molecule has 6 nitrogen and oxygen atoms in total. The maximum Gasteiger partial charge on any atom is 1.00 e. The van der Waals surface area contributed by atoms with Crippen LogP contribution in [0.15, 0.2) is 17.1 Å². The average molecular weight is 322 g/mol. The quantitative estimate of drug-likeness (QED) is 0.142. The summed E-state index contributed by atoms with van der Waals surface area (Å²) in [6.07, 6.45) is 6.60. The zero-order valence-corrected chi connectivity index (χ0v) is 16.0. The molecular weight excluding hydrogens is 295 g/mol. The fourth-order valence-electron chi connectivity index (χ4n) is 1.81. The summed E-state index contributed by atoms with van der Waals surface area (Å²) in [5.74, 6) is -1.07. The van der Waals surface area contributed by atoms with Gasteiger partial charge in [0.05, 0.1) is 19.2 Å². The Morgan fingerprint density at radius 3 is 2.59 bits per heavy atom. The Morgan fingerprint density at radius 1 is 1.36 bits per heavy atom. The topological polar surface area (TPSA) is 96.2 Å². The van der Waals surface area contributed by atoms with Gasteiger partial charge in [-0.1, -0.05) is 12.2 Å². The van der Waals surface area contributed by atoms with E-state index in [2.05, 4.69) is 11.1 Å². The Kier molecular flexibility index (Phi) is 16.8. The van der Waals surface area contributed by atoms with Crippen LogP contribution >= 0.6 is 0 Å². The summed E-state index contributed by atoms with van der Waals surface area (Å²) in [5.41, 5.74) is 0. The fourth-order valence-corrected chi connectivity index (χ4v) is 1.81. The second kappa shape index (κ2) is 15.5. The SMILES string of the molecule is C/C=C/CCCCC([O-])=NCN(CCC(=O)O)CC(C)O.[Na+]. The van der Waals surface area contributed by atoms with Gasteiger partial charge in [-0.25, -0.2) is 0 Å². The molecule has 0 aromatic rings. The summed E-state index contributed by atoms with van der Waals surface area (Å²) >= 11 is 0. The fraction of sp³-hybridized carbons (Fsp3) is 0.733. The standard InChI is InChI=1S/C15H28N2O4.Na/c1-3-4-5-6-7-8-14(19)16-12-17(11-13(2)18)10-9-15(20)21;/h3-4,13,18H,5-12H2,1-2H3,(H,16,19)(H,20,21);/q;+1/p-1/b4-3+;. The van der Waals surface area contributed by atoms with Crippen LogP contribution in [0, 0.1) is 0 Å². The van der Waals surface area contributed by atoms with Crippen molar-refractivity contribution < 1.29 is 49.7 Å². The summed E-state index contributed by atoms with van der Waals surface area (Å²) in [6.45, 7) is 4.32. The van der Waals surface area contributed by atoms with E-state index < -0.39 is 12.1 Å². The van der Waals surface area contributed by atoms with Crippen LogP contribution in [-0.4, -0.2) is 52.8 Å². The maximum atomic E-state index is 11.6. The minimum Gasteiger partial charge on any atom is -0.862 e. The molecule has 0 aliphatic rings. The smallest absolute Gasteiger partial charge is 0.862 e. The van der Waals surface area contributed by atoms with E-state index >= 15 is 0 Å². The first-order chi connectivity index (χ1) is 9.95. The van der Waals surface area contributed by atoms with Crippen LogP contribution in [0.2, 0.25) is 0 Å². The summed E-state index contributed by atoms with van der Waals surface area (Å²) in [4.78, 5) is 16.2. The van der Waals surface area contributed by atoms with Gasteiger partial charge in [-0.2, -0.15) is 0 Å². The number of aliphatic imine (C=N–C) groups is 1. The van der Waals surface area contributed by atoms with Gasteiger partial charge in [-0.15, -0.1) is 0 Å². The summed E-state index contributed by atoms with van der Waals surface area (Å²) in [6, 6.07) is 0. The molecule has 0 amide bonds. The zero-order valence-electron chi connectivity index (χ0n) is 14.0. The predicted octanol–water partition coefficient (Wildman–Crippen LogP) is -2.00. The van der Waals surface area contributed by atoms with Crippen LogP contribution in [0.3, 0.4) is 0 Å². The molecule has 0 aliphatic carbocycles. The van der Waals surface area contributed by atoms with Crippen molar-refractivity contribution in [1.29, 1.82) is 0 Å². The van der Waals surface area contributed by atoms with Gasteiger partial charge in [0.15, 0.2) is 0 Å². The summed E-state index contributed by atoms with van der Waals surface area (Å²) in [5, 5.41) is 29.6. The van der Waals surface area contributed by atoms with Crippen LogP contribution in [0.25, 0.3) is 0 Å². The first kappa shape index (κ1) is 23.9. The van der Waals surface area contributed by atoms with Crippen LogP contribution in [-0.2, 0) is 4.79 Å². The Labute approximate surface area is 155 Å². The summed E-state index contributed by atoms with van der Waals surface area (Å²) in [7, 11) is 0. The van der Waals surface area contributed by atoms with Gasteiger partial charge in [-0.05, 0) is 45.4 Å². The molecule has 1 unspecified atom stereocenters. The van der Waals surface area contributed by atoms with E-state index in [-0.39, 0.29) is 55.1 Å². The van der Waals surface area contributed by atoms with Gasteiger partial charge in [0.2, 0.25) is 0 Å². The maximum absolute atomic E-state index is 11.6. The number of nitrogens with zero attached hydrogens (tertiary/aromatic N) is 2. The summed E-state index contributed by atoms with van der Waals surface area (Å²) < 4.78 is 0. The molecule has 0 bridgehead atoms. The van der Waals surface area contributed by atoms with Crippen LogP contribution in [0.5, 0.6) is 0 Å². The Balaban J connectivity index is 0. The molecule has 0 rings (SSSR count). The number of unbranched alkanes of at least 4 members (excludes halogenated alkanes) is 2. The second-order valence-electron chi connectivity index (χ2n) is 5.08. The number of allylic oxidation sites excluding steroid dienone is 2. The van der Waals surface area contributed by atoms with Crippen LogP contribution in [0.1, 0.15) is 46.0 Å². The molecule has 0 aliphatic heterocycles. The Hall–Kier alpha value is -0.400. The third-order valence-electron chi connectivity index (χ3n) is 2.86. The van der Waals surface area contributed by atoms with E-state index in [9.17, 15) is 15.0 Å². The molecule has 1 atom stereocenters. The van der Waals surface area contributed by atoms with Gasteiger partial charge in [-0.3, -0.25) is 14.7 Å². The van der Waals surface area contributed by atoms with Gasteiger partial charge in [0, 0.05) is 13.1 Å². The van der Waals surface area contributed by atoms with E-state index in [4.69, 9.17) is 5.11 Å². The molecule has 0 aromatic heterocycles. The largest absolute Gasteiger partial charge is 1.00 e. The molecule has 0 spiro atoms. The predicted molar refractivity (Wildman–Crippen MR) is 81.1 cm³/mol. The van der Waals surface area contributed by atoms with E-state index in [0.717, 1.165) is 19.3 Å². The van der Waals surface area contributed by atoms with Gasteiger partial charge < -0.3 is 15.3 Å². The molecule has 2 N–H and O–H groups in total. The van der Waals surface area contributed by atoms with Crippen molar-refractivity contribution in [2.24, 2.45) is 4.99 Å². The number of rotatable bonds is 12. The number of aliphatic hydroxyl groups excluding tert-OH is 1. The monoisotopic (exact) mass is 322 g/mol. The van der Waals surface area contributed by atoms with Gasteiger partial charge in [0.25, 0.3) is 0 Å².